The number of carboxylic acid groups (broad SMARTS) is 1. The van der Waals surface area contributed by atoms with Gasteiger partial charge in [0.25, 0.3) is 0 Å². The highest BCUT2D eigenvalue weighted by molar-refractivity contribution is 5.87. The van der Waals surface area contributed by atoms with E-state index < -0.39 is 12.0 Å². The number of carbonyl (C=O) groups is 2. The molecule has 0 spiro atoms. The van der Waals surface area contributed by atoms with Crippen molar-refractivity contribution >= 4 is 11.9 Å². The van der Waals surface area contributed by atoms with E-state index in [0.29, 0.717) is 25.9 Å². The van der Waals surface area contributed by atoms with Crippen LogP contribution in [0.3, 0.4) is 0 Å². The van der Waals surface area contributed by atoms with E-state index in [9.17, 15) is 14.7 Å². The summed E-state index contributed by atoms with van der Waals surface area (Å²) in [7, 11) is 0. The Bertz CT molecular complexity index is 504. The molecule has 5 nitrogen and oxygen atoms in total. The molecule has 2 rings (SSSR count). The number of benzene rings is 1. The van der Waals surface area contributed by atoms with Crippen LogP contribution >= 0.6 is 0 Å². The number of hydrogen-bond acceptors (Lipinski definition) is 3. The molecule has 120 valence electrons. The molecule has 1 aliphatic rings. The third kappa shape index (κ3) is 4.07. The molecule has 1 aromatic carbocycles. The summed E-state index contributed by atoms with van der Waals surface area (Å²) in [6, 6.07) is 8.77. The van der Waals surface area contributed by atoms with Crippen molar-refractivity contribution in [3.8, 4) is 0 Å². The summed E-state index contributed by atoms with van der Waals surface area (Å²) in [6.07, 6.45) is 2.86. The fourth-order valence-electron chi connectivity index (χ4n) is 2.89. The molecule has 1 saturated heterocycles. The van der Waals surface area contributed by atoms with Gasteiger partial charge in [-0.05, 0) is 18.4 Å². The van der Waals surface area contributed by atoms with Gasteiger partial charge in [0, 0.05) is 13.1 Å². The Kier molecular flexibility index (Phi) is 5.95. The minimum atomic E-state index is -0.901. The van der Waals surface area contributed by atoms with Crippen molar-refractivity contribution in [1.82, 2.24) is 10.2 Å². The topological polar surface area (TPSA) is 69.6 Å². The predicted octanol–water partition coefficient (Wildman–Crippen LogP) is 1.67. The summed E-state index contributed by atoms with van der Waals surface area (Å²) in [5.41, 5.74) is 1.08. The first-order valence-electron chi connectivity index (χ1n) is 7.94. The number of unbranched alkanes of at least 4 members (excludes halogenated alkanes) is 1. The van der Waals surface area contributed by atoms with Crippen molar-refractivity contribution in [2.75, 3.05) is 13.1 Å². The molecule has 1 aromatic rings. The van der Waals surface area contributed by atoms with Crippen LogP contribution in [-0.2, 0) is 16.0 Å². The fourth-order valence-corrected chi connectivity index (χ4v) is 2.89. The summed E-state index contributed by atoms with van der Waals surface area (Å²) >= 11 is 0. The second-order valence-electron chi connectivity index (χ2n) is 5.72. The van der Waals surface area contributed by atoms with Crippen molar-refractivity contribution < 1.29 is 14.7 Å². The second-order valence-corrected chi connectivity index (χ2v) is 5.72. The van der Waals surface area contributed by atoms with Crippen molar-refractivity contribution in [2.24, 2.45) is 0 Å². The summed E-state index contributed by atoms with van der Waals surface area (Å²) in [6.45, 7) is 3.13. The molecule has 2 N–H and O–H groups in total. The number of nitrogens with one attached hydrogen (secondary N) is 1. The number of hydrogen-bond donors (Lipinski definition) is 2. The molecule has 1 fully saturated rings. The molecule has 1 heterocycles. The lowest BCUT2D eigenvalue weighted by atomic mass is 10.0. The minimum absolute atomic E-state index is 0.0985. The molecule has 1 aliphatic heterocycles. The van der Waals surface area contributed by atoms with Crippen LogP contribution in [0.15, 0.2) is 30.3 Å². The van der Waals surface area contributed by atoms with Gasteiger partial charge in [-0.3, -0.25) is 4.79 Å². The van der Waals surface area contributed by atoms with Crippen LogP contribution in [0.2, 0.25) is 0 Å². The fraction of sp³-hybridized carbons (Fsp3) is 0.529. The van der Waals surface area contributed by atoms with Gasteiger partial charge in [0.2, 0.25) is 5.91 Å². The molecular weight excluding hydrogens is 280 g/mol. The van der Waals surface area contributed by atoms with E-state index in [1.807, 2.05) is 37.3 Å². The lowest BCUT2D eigenvalue weighted by molar-refractivity contribution is -0.153. The molecule has 0 bridgehead atoms. The number of rotatable bonds is 7. The van der Waals surface area contributed by atoms with Crippen LogP contribution in [-0.4, -0.2) is 47.1 Å². The third-order valence-electron chi connectivity index (χ3n) is 4.10. The van der Waals surface area contributed by atoms with Gasteiger partial charge < -0.3 is 15.3 Å². The van der Waals surface area contributed by atoms with Crippen LogP contribution < -0.4 is 5.32 Å². The second kappa shape index (κ2) is 7.94. The quantitative estimate of drug-likeness (QED) is 0.804. The minimum Gasteiger partial charge on any atom is -0.480 e. The van der Waals surface area contributed by atoms with Crippen LogP contribution in [0, 0.1) is 0 Å². The molecular formula is C17H24N2O3. The zero-order chi connectivity index (χ0) is 15.9. The smallest absolute Gasteiger partial charge is 0.326 e. The van der Waals surface area contributed by atoms with Crippen molar-refractivity contribution in [3.63, 3.8) is 0 Å². The highest BCUT2D eigenvalue weighted by Crippen LogP contribution is 2.15. The average Bonchev–Trinajstić information content (AvgIpc) is 2.52. The number of nitrogens with zero attached hydrogens (tertiary/aromatic N) is 1. The normalized spacial score (nSPS) is 20.0. The molecule has 22 heavy (non-hydrogen) atoms. The number of carboxylic acids is 1. The molecule has 0 radical (unpaired) electrons. The summed E-state index contributed by atoms with van der Waals surface area (Å²) in [4.78, 5) is 25.7. The molecule has 0 aliphatic carbocycles. The van der Waals surface area contributed by atoms with Crippen LogP contribution in [0.4, 0.5) is 0 Å². The lowest BCUT2D eigenvalue weighted by Crippen LogP contribution is -2.60. The monoisotopic (exact) mass is 304 g/mol. The Morgan fingerprint density at radius 2 is 2.14 bits per heavy atom. The maximum Gasteiger partial charge on any atom is 0.326 e. The summed E-state index contributed by atoms with van der Waals surface area (Å²) in [5, 5.41) is 12.6. The molecule has 5 heteroatoms. The van der Waals surface area contributed by atoms with Gasteiger partial charge in [-0.15, -0.1) is 0 Å². The van der Waals surface area contributed by atoms with E-state index >= 15 is 0 Å². The van der Waals surface area contributed by atoms with Crippen LogP contribution in [0.1, 0.15) is 31.7 Å². The Morgan fingerprint density at radius 1 is 1.41 bits per heavy atom. The molecule has 0 unspecified atom stereocenters. The molecule has 0 aromatic heterocycles. The number of piperazine rings is 1. The third-order valence-corrected chi connectivity index (χ3v) is 4.10. The van der Waals surface area contributed by atoms with Crippen LogP contribution in [0.5, 0.6) is 0 Å². The number of aliphatic carboxylic acids is 1. The van der Waals surface area contributed by atoms with E-state index in [-0.39, 0.29) is 11.9 Å². The van der Waals surface area contributed by atoms with Gasteiger partial charge in [-0.2, -0.15) is 0 Å². The van der Waals surface area contributed by atoms with Crippen molar-refractivity contribution in [2.45, 2.75) is 44.7 Å². The standard InChI is InChI=1S/C17H24N2O3/c1-2-3-9-15(17(21)22)19-11-10-18-14(16(19)20)12-13-7-5-4-6-8-13/h4-8,14-15,18H,2-3,9-12H2,1H3,(H,21,22)/t14-,15+/m1/s1. The highest BCUT2D eigenvalue weighted by Gasteiger charge is 2.35. The number of amides is 1. The Labute approximate surface area is 131 Å². The van der Waals surface area contributed by atoms with Gasteiger partial charge in [-0.25, -0.2) is 4.79 Å². The SMILES string of the molecule is CCCC[C@@H](C(=O)O)N1CCN[C@H](Cc2ccccc2)C1=O. The van der Waals surface area contributed by atoms with Gasteiger partial charge in [0.15, 0.2) is 0 Å². The van der Waals surface area contributed by atoms with Crippen LogP contribution in [0.25, 0.3) is 0 Å². The first-order valence-corrected chi connectivity index (χ1v) is 7.94. The van der Waals surface area contributed by atoms with E-state index in [2.05, 4.69) is 5.32 Å². The van der Waals surface area contributed by atoms with E-state index in [4.69, 9.17) is 0 Å². The first-order chi connectivity index (χ1) is 10.6. The maximum atomic E-state index is 12.6. The first kappa shape index (κ1) is 16.5. The molecule has 2 atom stereocenters. The number of carbonyl (C=O) groups excluding carboxylic acids is 1. The summed E-state index contributed by atoms with van der Waals surface area (Å²) < 4.78 is 0. The van der Waals surface area contributed by atoms with E-state index in [0.717, 1.165) is 18.4 Å². The predicted molar refractivity (Wildman–Crippen MR) is 84.6 cm³/mol. The van der Waals surface area contributed by atoms with Gasteiger partial charge in [0.05, 0.1) is 6.04 Å². The largest absolute Gasteiger partial charge is 0.480 e. The highest BCUT2D eigenvalue weighted by atomic mass is 16.4. The Hall–Kier alpha value is -1.88. The Balaban J connectivity index is 2.06. The molecule has 0 saturated carbocycles. The Morgan fingerprint density at radius 3 is 2.77 bits per heavy atom. The van der Waals surface area contributed by atoms with E-state index in [1.54, 1.807) is 4.90 Å². The zero-order valence-electron chi connectivity index (χ0n) is 13.0. The van der Waals surface area contributed by atoms with Gasteiger partial charge in [0.1, 0.15) is 6.04 Å². The maximum absolute atomic E-state index is 12.6. The van der Waals surface area contributed by atoms with Gasteiger partial charge in [-0.1, -0.05) is 50.1 Å². The van der Waals surface area contributed by atoms with Gasteiger partial charge >= 0.3 is 5.97 Å². The lowest BCUT2D eigenvalue weighted by Gasteiger charge is -2.37. The van der Waals surface area contributed by atoms with Crippen molar-refractivity contribution in [1.29, 1.82) is 0 Å². The van der Waals surface area contributed by atoms with E-state index in [1.165, 1.54) is 0 Å². The average molecular weight is 304 g/mol. The summed E-state index contributed by atoms with van der Waals surface area (Å²) in [5.74, 6) is -0.999. The molecule has 1 amide bonds. The zero-order valence-corrected chi connectivity index (χ0v) is 13.0. The van der Waals surface area contributed by atoms with Crippen molar-refractivity contribution in [3.05, 3.63) is 35.9 Å².